The van der Waals surface area contributed by atoms with Gasteiger partial charge in [-0.3, -0.25) is 9.69 Å². The third-order valence-corrected chi connectivity index (χ3v) is 5.32. The number of methoxy groups -OCH3 is 1. The summed E-state index contributed by atoms with van der Waals surface area (Å²) in [6.45, 7) is 4.87. The predicted molar refractivity (Wildman–Crippen MR) is 85.6 cm³/mol. The zero-order valence-corrected chi connectivity index (χ0v) is 13.0. The highest BCUT2D eigenvalue weighted by molar-refractivity contribution is 5.87. The van der Waals surface area contributed by atoms with Crippen LogP contribution in [0.1, 0.15) is 17.3 Å². The molecule has 0 spiro atoms. The topological polar surface area (TPSA) is 34.5 Å². The number of carbonyl (C=O) groups excluding carboxylic acids is 1. The van der Waals surface area contributed by atoms with Crippen LogP contribution in [0.5, 0.6) is 0 Å². The van der Waals surface area contributed by atoms with Gasteiger partial charge in [0.25, 0.3) is 0 Å². The van der Waals surface area contributed by atoms with Crippen LogP contribution in [0.2, 0.25) is 0 Å². The van der Waals surface area contributed by atoms with Gasteiger partial charge >= 0.3 is 5.97 Å². The summed E-state index contributed by atoms with van der Waals surface area (Å²) in [5.41, 5.74) is 3.89. The largest absolute Gasteiger partial charge is 0.469 e. The maximum Gasteiger partial charge on any atom is 0.312 e. The molecule has 0 bridgehead atoms. The van der Waals surface area contributed by atoms with Crippen LogP contribution in [0.15, 0.2) is 36.9 Å². The lowest BCUT2D eigenvalue weighted by atomic mass is 9.74. The number of benzene rings is 1. The van der Waals surface area contributed by atoms with Crippen molar-refractivity contribution in [3.63, 3.8) is 0 Å². The molecule has 1 fully saturated rings. The van der Waals surface area contributed by atoms with Gasteiger partial charge in [-0.1, -0.05) is 24.3 Å². The van der Waals surface area contributed by atoms with E-state index < -0.39 is 0 Å². The number of fused-ring (bicyclic) bond motifs is 5. The summed E-state index contributed by atoms with van der Waals surface area (Å²) < 4.78 is 7.29. The van der Waals surface area contributed by atoms with Gasteiger partial charge in [-0.2, -0.15) is 0 Å². The Labute approximate surface area is 130 Å². The monoisotopic (exact) mass is 296 g/mol. The van der Waals surface area contributed by atoms with Crippen LogP contribution < -0.4 is 0 Å². The number of aryl methyl sites for hydroxylation is 1. The lowest BCUT2D eigenvalue weighted by Gasteiger charge is -2.55. The first kappa shape index (κ1) is 13.6. The summed E-state index contributed by atoms with van der Waals surface area (Å²) in [5, 5.41) is 1.31. The Morgan fingerprint density at radius 2 is 2.18 bits per heavy atom. The number of para-hydroxylation sites is 1. The molecule has 3 atom stereocenters. The standard InChI is InChI=1S/C18H20N2O2/c1-4-13-15(18(21)22-3)17-16-12(9-10-20(13)17)11-7-5-6-8-14(11)19(16)2/h4-8,13,15,17H,1,9-10H2,2-3H3/t13-,15+,17-/m1/s1. The molecule has 22 heavy (non-hydrogen) atoms. The molecule has 3 heterocycles. The summed E-state index contributed by atoms with van der Waals surface area (Å²) >= 11 is 0. The number of carbonyl (C=O) groups is 1. The lowest BCUT2D eigenvalue weighted by Crippen LogP contribution is -2.62. The average Bonchev–Trinajstić information content (AvgIpc) is 2.81. The van der Waals surface area contributed by atoms with Crippen molar-refractivity contribution in [2.45, 2.75) is 18.5 Å². The van der Waals surface area contributed by atoms with Gasteiger partial charge in [0, 0.05) is 36.2 Å². The maximum absolute atomic E-state index is 12.2. The Balaban J connectivity index is 1.89. The first-order valence-electron chi connectivity index (χ1n) is 7.71. The average molecular weight is 296 g/mol. The summed E-state index contributed by atoms with van der Waals surface area (Å²) in [5.74, 6) is -0.284. The third kappa shape index (κ3) is 1.53. The Bertz CT molecular complexity index is 777. The molecule has 2 aliphatic heterocycles. The van der Waals surface area contributed by atoms with Crippen LogP contribution in [0.3, 0.4) is 0 Å². The molecule has 0 saturated carbocycles. The van der Waals surface area contributed by atoms with Gasteiger partial charge < -0.3 is 9.30 Å². The molecule has 0 aliphatic carbocycles. The van der Waals surface area contributed by atoms with Crippen molar-refractivity contribution in [3.8, 4) is 0 Å². The number of ether oxygens (including phenoxy) is 1. The van der Waals surface area contributed by atoms with E-state index in [1.54, 1.807) is 0 Å². The van der Waals surface area contributed by atoms with E-state index in [2.05, 4.69) is 47.4 Å². The van der Waals surface area contributed by atoms with Crippen molar-refractivity contribution in [1.82, 2.24) is 9.47 Å². The minimum absolute atomic E-state index is 0.0867. The van der Waals surface area contributed by atoms with Crippen molar-refractivity contribution in [3.05, 3.63) is 48.2 Å². The Kier molecular flexibility index (Phi) is 2.91. The first-order valence-corrected chi connectivity index (χ1v) is 7.71. The number of nitrogens with zero attached hydrogens (tertiary/aromatic N) is 2. The van der Waals surface area contributed by atoms with Gasteiger partial charge in [0.2, 0.25) is 0 Å². The van der Waals surface area contributed by atoms with Gasteiger partial charge in [-0.25, -0.2) is 0 Å². The highest BCUT2D eigenvalue weighted by atomic mass is 16.5. The molecule has 1 aromatic carbocycles. The summed E-state index contributed by atoms with van der Waals surface area (Å²) in [7, 11) is 3.57. The highest BCUT2D eigenvalue weighted by Gasteiger charge is 2.55. The minimum atomic E-state index is -0.149. The molecule has 1 saturated heterocycles. The van der Waals surface area contributed by atoms with Crippen molar-refractivity contribution in [2.24, 2.45) is 13.0 Å². The van der Waals surface area contributed by atoms with Gasteiger partial charge in [-0.05, 0) is 18.1 Å². The van der Waals surface area contributed by atoms with E-state index in [0.29, 0.717) is 0 Å². The lowest BCUT2D eigenvalue weighted by molar-refractivity contribution is -0.163. The third-order valence-electron chi connectivity index (χ3n) is 5.32. The van der Waals surface area contributed by atoms with Gasteiger partial charge in [0.05, 0.1) is 19.1 Å². The van der Waals surface area contributed by atoms with Gasteiger partial charge in [-0.15, -0.1) is 6.58 Å². The summed E-state index contributed by atoms with van der Waals surface area (Å²) in [4.78, 5) is 14.6. The Morgan fingerprint density at radius 1 is 1.41 bits per heavy atom. The van der Waals surface area contributed by atoms with Crippen molar-refractivity contribution >= 4 is 16.9 Å². The van der Waals surface area contributed by atoms with E-state index in [-0.39, 0.29) is 24.0 Å². The van der Waals surface area contributed by atoms with Crippen molar-refractivity contribution in [2.75, 3.05) is 13.7 Å². The second-order valence-corrected chi connectivity index (χ2v) is 6.15. The van der Waals surface area contributed by atoms with Crippen LogP contribution in [0.25, 0.3) is 10.9 Å². The zero-order chi connectivity index (χ0) is 15.4. The first-order chi connectivity index (χ1) is 10.7. The molecule has 0 N–H and O–H groups in total. The molecule has 4 rings (SSSR count). The molecule has 4 heteroatoms. The second kappa shape index (κ2) is 4.71. The van der Waals surface area contributed by atoms with E-state index in [0.717, 1.165) is 13.0 Å². The molecule has 0 radical (unpaired) electrons. The molecule has 114 valence electrons. The van der Waals surface area contributed by atoms with E-state index in [4.69, 9.17) is 4.74 Å². The predicted octanol–water partition coefficient (Wildman–Crippen LogP) is 2.43. The fourth-order valence-electron chi connectivity index (χ4n) is 4.36. The van der Waals surface area contributed by atoms with Gasteiger partial charge in [0.15, 0.2) is 0 Å². The molecule has 2 aromatic rings. The second-order valence-electron chi connectivity index (χ2n) is 6.15. The molecule has 4 nitrogen and oxygen atoms in total. The SMILES string of the molecule is C=C[C@@H]1[C@H](C(=O)OC)[C@@H]2c3c(c4ccccc4n3C)CCN12. The highest BCUT2D eigenvalue weighted by Crippen LogP contribution is 2.50. The molecule has 0 amide bonds. The van der Waals surface area contributed by atoms with Gasteiger partial charge in [0.1, 0.15) is 0 Å². The zero-order valence-electron chi connectivity index (χ0n) is 13.0. The smallest absolute Gasteiger partial charge is 0.312 e. The van der Waals surface area contributed by atoms with Crippen LogP contribution in [-0.2, 0) is 23.0 Å². The molecule has 2 aliphatic rings. The number of rotatable bonds is 2. The molecular formula is C18H20N2O2. The number of esters is 1. The van der Waals surface area contributed by atoms with E-state index in [9.17, 15) is 4.79 Å². The number of aromatic nitrogens is 1. The Hall–Kier alpha value is -2.07. The minimum Gasteiger partial charge on any atom is -0.469 e. The quantitative estimate of drug-likeness (QED) is 0.630. The van der Waals surface area contributed by atoms with Crippen LogP contribution in [-0.4, -0.2) is 35.1 Å². The van der Waals surface area contributed by atoms with Crippen molar-refractivity contribution in [1.29, 1.82) is 0 Å². The maximum atomic E-state index is 12.2. The summed E-state index contributed by atoms with van der Waals surface area (Å²) in [6.07, 6.45) is 2.90. The fraction of sp³-hybridized carbons (Fsp3) is 0.389. The normalized spacial score (nSPS) is 26.9. The van der Waals surface area contributed by atoms with Crippen molar-refractivity contribution < 1.29 is 9.53 Å². The molecule has 0 unspecified atom stereocenters. The van der Waals surface area contributed by atoms with Crippen LogP contribution >= 0.6 is 0 Å². The Morgan fingerprint density at radius 3 is 2.91 bits per heavy atom. The molecular weight excluding hydrogens is 276 g/mol. The van der Waals surface area contributed by atoms with E-state index >= 15 is 0 Å². The summed E-state index contributed by atoms with van der Waals surface area (Å²) in [6, 6.07) is 8.67. The van der Waals surface area contributed by atoms with Crippen LogP contribution in [0, 0.1) is 5.92 Å². The molecule has 1 aromatic heterocycles. The number of hydrogen-bond acceptors (Lipinski definition) is 3. The number of hydrogen-bond donors (Lipinski definition) is 0. The van der Waals surface area contributed by atoms with E-state index in [1.807, 2.05) is 6.08 Å². The van der Waals surface area contributed by atoms with Crippen LogP contribution in [0.4, 0.5) is 0 Å². The van der Waals surface area contributed by atoms with E-state index in [1.165, 1.54) is 29.3 Å². The fourth-order valence-corrected chi connectivity index (χ4v) is 4.36.